The fraction of sp³-hybridized carbons (Fsp3) is 0.471. The Kier molecular flexibility index (Phi) is 14.4. The predicted octanol–water partition coefficient (Wildman–Crippen LogP) is 9.26. The first kappa shape index (κ1) is 31.8. The number of hydrazine groups is 2. The van der Waals surface area contributed by atoms with Crippen LogP contribution in [0.3, 0.4) is 0 Å². The van der Waals surface area contributed by atoms with Crippen molar-refractivity contribution in [3.05, 3.63) is 66.7 Å². The van der Waals surface area contributed by atoms with E-state index in [0.29, 0.717) is 26.4 Å². The molecule has 0 aliphatic carbocycles. The van der Waals surface area contributed by atoms with E-state index in [9.17, 15) is 0 Å². The third-order valence-electron chi connectivity index (χ3n) is 6.41. The lowest BCUT2D eigenvalue weighted by Gasteiger charge is -2.30. The molecule has 0 radical (unpaired) electrons. The lowest BCUT2D eigenvalue weighted by molar-refractivity contribution is 0.302. The monoisotopic (exact) mass is 563 g/mol. The SMILES string of the molecule is CCCCOc1cccc(NN(Nc2cc(OCCCC)ccc2OCCCC)c2ccccc2OCCCC)c1. The zero-order chi connectivity index (χ0) is 29.1. The zero-order valence-corrected chi connectivity index (χ0v) is 25.4. The highest BCUT2D eigenvalue weighted by atomic mass is 16.5. The molecule has 0 bridgehead atoms. The molecule has 0 saturated carbocycles. The Hall–Kier alpha value is -3.74. The van der Waals surface area contributed by atoms with Crippen LogP contribution in [0.25, 0.3) is 0 Å². The molecule has 3 aromatic rings. The number of anilines is 3. The Balaban J connectivity index is 1.96. The van der Waals surface area contributed by atoms with Gasteiger partial charge >= 0.3 is 0 Å². The van der Waals surface area contributed by atoms with Crippen LogP contribution >= 0.6 is 0 Å². The summed E-state index contributed by atoms with van der Waals surface area (Å²) in [5.41, 5.74) is 9.62. The van der Waals surface area contributed by atoms with E-state index in [0.717, 1.165) is 91.4 Å². The second-order valence-electron chi connectivity index (χ2n) is 10.0. The molecular formula is C34H49N3O4. The Morgan fingerprint density at radius 2 is 1.12 bits per heavy atom. The number of benzene rings is 3. The maximum absolute atomic E-state index is 6.22. The molecule has 224 valence electrons. The van der Waals surface area contributed by atoms with Gasteiger partial charge in [-0.05, 0) is 62.1 Å². The molecule has 0 unspecified atom stereocenters. The third kappa shape index (κ3) is 11.0. The summed E-state index contributed by atoms with van der Waals surface area (Å²) in [6, 6.07) is 22.0. The molecule has 0 heterocycles. The molecule has 0 saturated heterocycles. The van der Waals surface area contributed by atoms with E-state index in [1.165, 1.54) is 0 Å². The molecule has 0 amide bonds. The quantitative estimate of drug-likeness (QED) is 0.0989. The van der Waals surface area contributed by atoms with Crippen LogP contribution in [0.5, 0.6) is 23.0 Å². The highest BCUT2D eigenvalue weighted by molar-refractivity contribution is 5.70. The molecule has 0 aliphatic heterocycles. The topological polar surface area (TPSA) is 64.2 Å². The predicted molar refractivity (Wildman–Crippen MR) is 171 cm³/mol. The van der Waals surface area contributed by atoms with Gasteiger partial charge in [0.25, 0.3) is 0 Å². The lowest BCUT2D eigenvalue weighted by atomic mass is 10.2. The zero-order valence-electron chi connectivity index (χ0n) is 25.4. The Morgan fingerprint density at radius 1 is 0.537 bits per heavy atom. The number of para-hydroxylation sites is 2. The number of unbranched alkanes of at least 4 members (excludes halogenated alkanes) is 4. The van der Waals surface area contributed by atoms with Crippen molar-refractivity contribution >= 4 is 17.1 Å². The minimum atomic E-state index is 0.641. The van der Waals surface area contributed by atoms with Crippen molar-refractivity contribution in [3.63, 3.8) is 0 Å². The number of hydrogen-bond acceptors (Lipinski definition) is 7. The van der Waals surface area contributed by atoms with Gasteiger partial charge < -0.3 is 18.9 Å². The lowest BCUT2D eigenvalue weighted by Crippen LogP contribution is -2.36. The summed E-state index contributed by atoms with van der Waals surface area (Å²) in [5.74, 6) is 3.16. The summed E-state index contributed by atoms with van der Waals surface area (Å²) >= 11 is 0. The van der Waals surface area contributed by atoms with Crippen molar-refractivity contribution in [2.45, 2.75) is 79.1 Å². The van der Waals surface area contributed by atoms with Crippen molar-refractivity contribution < 1.29 is 18.9 Å². The Bertz CT molecular complexity index is 1140. The molecule has 7 heteroatoms. The van der Waals surface area contributed by atoms with E-state index in [-0.39, 0.29) is 0 Å². The van der Waals surface area contributed by atoms with Gasteiger partial charge in [-0.3, -0.25) is 10.9 Å². The fourth-order valence-electron chi connectivity index (χ4n) is 3.95. The second kappa shape index (κ2) is 18.6. The van der Waals surface area contributed by atoms with Crippen LogP contribution in [0.1, 0.15) is 79.1 Å². The second-order valence-corrected chi connectivity index (χ2v) is 10.0. The molecule has 0 spiro atoms. The number of ether oxygens (including phenoxy) is 4. The van der Waals surface area contributed by atoms with E-state index in [4.69, 9.17) is 18.9 Å². The highest BCUT2D eigenvalue weighted by Crippen LogP contribution is 2.34. The molecule has 7 nitrogen and oxygen atoms in total. The van der Waals surface area contributed by atoms with Crippen LogP contribution < -0.4 is 34.9 Å². The summed E-state index contributed by atoms with van der Waals surface area (Å²) < 4.78 is 24.5. The molecule has 41 heavy (non-hydrogen) atoms. The Labute approximate surface area is 247 Å². The van der Waals surface area contributed by atoms with E-state index in [1.807, 2.05) is 71.8 Å². The summed E-state index contributed by atoms with van der Waals surface area (Å²) in [6.07, 6.45) is 8.29. The molecule has 3 aromatic carbocycles. The van der Waals surface area contributed by atoms with Crippen LogP contribution in [-0.4, -0.2) is 26.4 Å². The van der Waals surface area contributed by atoms with Gasteiger partial charge in [-0.1, -0.05) is 71.6 Å². The average Bonchev–Trinajstić information content (AvgIpc) is 2.99. The van der Waals surface area contributed by atoms with Crippen LogP contribution in [0.4, 0.5) is 17.1 Å². The summed E-state index contributed by atoms with van der Waals surface area (Å²) in [4.78, 5) is 0. The standard InChI is InChI=1S/C34H49N3O4/c1-5-9-22-38-29-17-15-16-28(26-29)35-37(32-18-13-14-19-34(32)41-25-12-8-4)36-31-27-30(39-23-10-6-2)20-21-33(31)40-24-11-7-3/h13-21,26-27,35-36H,5-12,22-25H2,1-4H3. The van der Waals surface area contributed by atoms with E-state index in [2.05, 4.69) is 38.5 Å². The number of nitrogens with zero attached hydrogens (tertiary/aromatic N) is 1. The van der Waals surface area contributed by atoms with Gasteiger partial charge in [0.1, 0.15) is 34.4 Å². The smallest absolute Gasteiger partial charge is 0.146 e. The molecule has 0 aromatic heterocycles. The van der Waals surface area contributed by atoms with Gasteiger partial charge in [0.05, 0.1) is 32.1 Å². The first-order valence-electron chi connectivity index (χ1n) is 15.4. The molecule has 3 rings (SSSR count). The normalized spacial score (nSPS) is 10.6. The molecular weight excluding hydrogens is 514 g/mol. The summed E-state index contributed by atoms with van der Waals surface area (Å²) in [7, 11) is 0. The minimum Gasteiger partial charge on any atom is -0.494 e. The van der Waals surface area contributed by atoms with Gasteiger partial charge in [0.15, 0.2) is 0 Å². The van der Waals surface area contributed by atoms with E-state index in [1.54, 1.807) is 0 Å². The number of hydrogen-bond donors (Lipinski definition) is 2. The van der Waals surface area contributed by atoms with Crippen LogP contribution in [0.2, 0.25) is 0 Å². The first-order valence-corrected chi connectivity index (χ1v) is 15.4. The maximum Gasteiger partial charge on any atom is 0.146 e. The molecule has 2 N–H and O–H groups in total. The van der Waals surface area contributed by atoms with Gasteiger partial charge in [-0.2, -0.15) is 5.12 Å². The van der Waals surface area contributed by atoms with Gasteiger partial charge in [0.2, 0.25) is 0 Å². The third-order valence-corrected chi connectivity index (χ3v) is 6.41. The number of nitrogens with one attached hydrogen (secondary N) is 2. The average molecular weight is 564 g/mol. The molecule has 0 atom stereocenters. The van der Waals surface area contributed by atoms with Crippen LogP contribution in [-0.2, 0) is 0 Å². The minimum absolute atomic E-state index is 0.641. The van der Waals surface area contributed by atoms with Crippen molar-refractivity contribution in [1.29, 1.82) is 0 Å². The van der Waals surface area contributed by atoms with E-state index < -0.39 is 0 Å². The first-order chi connectivity index (χ1) is 20.2. The van der Waals surface area contributed by atoms with Crippen molar-refractivity contribution in [2.75, 3.05) is 42.4 Å². The summed E-state index contributed by atoms with van der Waals surface area (Å²) in [5, 5.41) is 1.88. The van der Waals surface area contributed by atoms with Crippen LogP contribution in [0.15, 0.2) is 66.7 Å². The van der Waals surface area contributed by atoms with Gasteiger partial charge in [0, 0.05) is 12.1 Å². The fourth-order valence-corrected chi connectivity index (χ4v) is 3.95. The highest BCUT2D eigenvalue weighted by Gasteiger charge is 2.17. The maximum atomic E-state index is 6.22. The Morgan fingerprint density at radius 3 is 1.78 bits per heavy atom. The largest absolute Gasteiger partial charge is 0.494 e. The number of rotatable bonds is 21. The summed E-state index contributed by atoms with van der Waals surface area (Å²) in [6.45, 7) is 11.3. The van der Waals surface area contributed by atoms with Crippen LogP contribution in [0, 0.1) is 0 Å². The van der Waals surface area contributed by atoms with Crippen molar-refractivity contribution in [2.24, 2.45) is 0 Å². The van der Waals surface area contributed by atoms with Gasteiger partial charge in [-0.25, -0.2) is 0 Å². The van der Waals surface area contributed by atoms with E-state index >= 15 is 0 Å². The molecule has 0 fully saturated rings. The van der Waals surface area contributed by atoms with Gasteiger partial charge in [-0.15, -0.1) is 0 Å². The van der Waals surface area contributed by atoms with Crippen molar-refractivity contribution in [3.8, 4) is 23.0 Å². The van der Waals surface area contributed by atoms with Crippen molar-refractivity contribution in [1.82, 2.24) is 0 Å². The molecule has 0 aliphatic rings.